The molecule has 0 aliphatic carbocycles. The Morgan fingerprint density at radius 3 is 2.54 bits per heavy atom. The molecule has 2 aromatic rings. The van der Waals surface area contributed by atoms with Gasteiger partial charge in [-0.25, -0.2) is 0 Å². The highest BCUT2D eigenvalue weighted by atomic mass is 16.7. The zero-order valence-corrected chi connectivity index (χ0v) is 14.0. The standard InChI is InChI=1S/C18H21NO5/c1-20-14-6-4-5-13(17(14)22-3)10-19-9-12-7-15(21-2)18-16(8-12)23-11-24-18/h4-8,19H,9-11H2,1-3H3. The van der Waals surface area contributed by atoms with E-state index in [2.05, 4.69) is 5.32 Å². The van der Waals surface area contributed by atoms with Crippen LogP contribution in [0.1, 0.15) is 11.1 Å². The first-order chi connectivity index (χ1) is 11.8. The second-order valence-electron chi connectivity index (χ2n) is 5.29. The molecule has 24 heavy (non-hydrogen) atoms. The minimum atomic E-state index is 0.226. The fourth-order valence-corrected chi connectivity index (χ4v) is 2.72. The van der Waals surface area contributed by atoms with Crippen molar-refractivity contribution < 1.29 is 23.7 Å². The molecule has 0 bridgehead atoms. The molecular weight excluding hydrogens is 310 g/mol. The van der Waals surface area contributed by atoms with Gasteiger partial charge in [0.2, 0.25) is 12.5 Å². The molecule has 1 N–H and O–H groups in total. The minimum Gasteiger partial charge on any atom is -0.493 e. The van der Waals surface area contributed by atoms with Crippen LogP contribution in [-0.2, 0) is 13.1 Å². The Kier molecular flexibility index (Phi) is 4.96. The average molecular weight is 331 g/mol. The van der Waals surface area contributed by atoms with Crippen molar-refractivity contribution in [1.29, 1.82) is 0 Å². The third-order valence-electron chi connectivity index (χ3n) is 3.85. The van der Waals surface area contributed by atoms with Gasteiger partial charge in [-0.05, 0) is 23.8 Å². The van der Waals surface area contributed by atoms with Gasteiger partial charge in [0.05, 0.1) is 21.3 Å². The summed E-state index contributed by atoms with van der Waals surface area (Å²) in [6.45, 7) is 1.54. The van der Waals surface area contributed by atoms with E-state index in [-0.39, 0.29) is 6.79 Å². The van der Waals surface area contributed by atoms with E-state index in [1.54, 1.807) is 21.3 Å². The second-order valence-corrected chi connectivity index (χ2v) is 5.29. The Balaban J connectivity index is 1.69. The van der Waals surface area contributed by atoms with Gasteiger partial charge < -0.3 is 29.0 Å². The van der Waals surface area contributed by atoms with Gasteiger partial charge in [0.15, 0.2) is 23.0 Å². The van der Waals surface area contributed by atoms with Crippen molar-refractivity contribution in [2.24, 2.45) is 0 Å². The maximum Gasteiger partial charge on any atom is 0.231 e. The van der Waals surface area contributed by atoms with E-state index >= 15 is 0 Å². The number of fused-ring (bicyclic) bond motifs is 1. The molecule has 0 fully saturated rings. The summed E-state index contributed by atoms with van der Waals surface area (Å²) in [7, 11) is 4.90. The summed E-state index contributed by atoms with van der Waals surface area (Å²) in [6, 6.07) is 9.74. The van der Waals surface area contributed by atoms with Crippen LogP contribution in [0.4, 0.5) is 0 Å². The molecule has 128 valence electrons. The van der Waals surface area contributed by atoms with Crippen LogP contribution in [0.3, 0.4) is 0 Å². The molecule has 6 nitrogen and oxygen atoms in total. The molecule has 0 unspecified atom stereocenters. The maximum atomic E-state index is 5.45. The summed E-state index contributed by atoms with van der Waals surface area (Å²) in [5.74, 6) is 3.53. The number of ether oxygens (including phenoxy) is 5. The predicted octanol–water partition coefficient (Wildman–Crippen LogP) is 2.73. The molecule has 1 aliphatic rings. The number of hydrogen-bond donors (Lipinski definition) is 1. The van der Waals surface area contributed by atoms with Crippen LogP contribution in [0.5, 0.6) is 28.7 Å². The van der Waals surface area contributed by atoms with Crippen LogP contribution in [-0.4, -0.2) is 28.1 Å². The largest absolute Gasteiger partial charge is 0.493 e. The highest BCUT2D eigenvalue weighted by molar-refractivity contribution is 5.55. The van der Waals surface area contributed by atoms with Gasteiger partial charge >= 0.3 is 0 Å². The third-order valence-corrected chi connectivity index (χ3v) is 3.85. The normalized spacial score (nSPS) is 12.1. The smallest absolute Gasteiger partial charge is 0.231 e. The van der Waals surface area contributed by atoms with Crippen molar-refractivity contribution in [3.63, 3.8) is 0 Å². The van der Waals surface area contributed by atoms with Crippen LogP contribution in [0.15, 0.2) is 30.3 Å². The summed E-state index contributed by atoms with van der Waals surface area (Å²) in [4.78, 5) is 0. The molecule has 6 heteroatoms. The second kappa shape index (κ2) is 7.31. The first-order valence-electron chi connectivity index (χ1n) is 7.64. The van der Waals surface area contributed by atoms with E-state index in [0.717, 1.165) is 22.6 Å². The van der Waals surface area contributed by atoms with Crippen LogP contribution in [0, 0.1) is 0 Å². The topological polar surface area (TPSA) is 58.2 Å². The fourth-order valence-electron chi connectivity index (χ4n) is 2.72. The van der Waals surface area contributed by atoms with E-state index in [4.69, 9.17) is 23.7 Å². The van der Waals surface area contributed by atoms with Crippen molar-refractivity contribution in [3.8, 4) is 28.7 Å². The van der Waals surface area contributed by atoms with Gasteiger partial charge in [0.1, 0.15) is 0 Å². The molecule has 0 radical (unpaired) electrons. The minimum absolute atomic E-state index is 0.226. The van der Waals surface area contributed by atoms with E-state index < -0.39 is 0 Å². The first kappa shape index (κ1) is 16.3. The van der Waals surface area contributed by atoms with E-state index in [1.165, 1.54) is 0 Å². The molecule has 0 saturated heterocycles. The molecule has 2 aromatic carbocycles. The molecule has 1 aliphatic heterocycles. The van der Waals surface area contributed by atoms with Crippen molar-refractivity contribution >= 4 is 0 Å². The number of para-hydroxylation sites is 1. The predicted molar refractivity (Wildman–Crippen MR) is 89.2 cm³/mol. The molecular formula is C18H21NO5. The van der Waals surface area contributed by atoms with Crippen LogP contribution < -0.4 is 29.0 Å². The van der Waals surface area contributed by atoms with Crippen LogP contribution in [0.2, 0.25) is 0 Å². The Bertz CT molecular complexity index is 717. The zero-order chi connectivity index (χ0) is 16.9. The number of rotatable bonds is 7. The highest BCUT2D eigenvalue weighted by Crippen LogP contribution is 2.41. The lowest BCUT2D eigenvalue weighted by Crippen LogP contribution is -2.13. The lowest BCUT2D eigenvalue weighted by atomic mass is 10.1. The third kappa shape index (κ3) is 3.19. The molecule has 0 atom stereocenters. The SMILES string of the molecule is COc1cccc(CNCc2cc(OC)c3c(c2)OCO3)c1OC. The molecule has 1 heterocycles. The van der Waals surface area contributed by atoms with E-state index in [0.29, 0.717) is 30.3 Å². The van der Waals surface area contributed by atoms with Gasteiger partial charge in [0.25, 0.3) is 0 Å². The summed E-state index contributed by atoms with van der Waals surface area (Å²) in [6.07, 6.45) is 0. The van der Waals surface area contributed by atoms with Gasteiger partial charge in [-0.2, -0.15) is 0 Å². The Morgan fingerprint density at radius 1 is 0.958 bits per heavy atom. The summed E-state index contributed by atoms with van der Waals surface area (Å²) >= 11 is 0. The zero-order valence-electron chi connectivity index (χ0n) is 14.0. The lowest BCUT2D eigenvalue weighted by Gasteiger charge is -2.13. The van der Waals surface area contributed by atoms with E-state index in [9.17, 15) is 0 Å². The van der Waals surface area contributed by atoms with Crippen molar-refractivity contribution in [1.82, 2.24) is 5.32 Å². The Labute approximate surface area is 141 Å². The van der Waals surface area contributed by atoms with E-state index in [1.807, 2.05) is 30.3 Å². The first-order valence-corrected chi connectivity index (χ1v) is 7.64. The monoisotopic (exact) mass is 331 g/mol. The fraction of sp³-hybridized carbons (Fsp3) is 0.333. The van der Waals surface area contributed by atoms with Gasteiger partial charge in [-0.3, -0.25) is 0 Å². The van der Waals surface area contributed by atoms with Gasteiger partial charge in [-0.1, -0.05) is 12.1 Å². The number of methoxy groups -OCH3 is 3. The Hall–Kier alpha value is -2.60. The summed E-state index contributed by atoms with van der Waals surface area (Å²) < 4.78 is 27.0. The lowest BCUT2D eigenvalue weighted by molar-refractivity contribution is 0.171. The molecule has 0 aromatic heterocycles. The molecule has 0 saturated carbocycles. The van der Waals surface area contributed by atoms with Gasteiger partial charge in [0, 0.05) is 18.7 Å². The highest BCUT2D eigenvalue weighted by Gasteiger charge is 2.20. The number of nitrogens with one attached hydrogen (secondary N) is 1. The number of hydrogen-bond acceptors (Lipinski definition) is 6. The average Bonchev–Trinajstić information content (AvgIpc) is 3.09. The van der Waals surface area contributed by atoms with Crippen molar-refractivity contribution in [2.45, 2.75) is 13.1 Å². The van der Waals surface area contributed by atoms with Crippen LogP contribution in [0.25, 0.3) is 0 Å². The van der Waals surface area contributed by atoms with Crippen molar-refractivity contribution in [2.75, 3.05) is 28.1 Å². The molecule has 0 amide bonds. The number of benzene rings is 2. The van der Waals surface area contributed by atoms with Crippen molar-refractivity contribution in [3.05, 3.63) is 41.5 Å². The summed E-state index contributed by atoms with van der Waals surface area (Å²) in [5.41, 5.74) is 2.09. The maximum absolute atomic E-state index is 5.45. The molecule has 0 spiro atoms. The Morgan fingerprint density at radius 2 is 1.79 bits per heavy atom. The molecule has 3 rings (SSSR count). The summed E-state index contributed by atoms with van der Waals surface area (Å²) in [5, 5.41) is 3.40. The van der Waals surface area contributed by atoms with Gasteiger partial charge in [-0.15, -0.1) is 0 Å². The quantitative estimate of drug-likeness (QED) is 0.842. The van der Waals surface area contributed by atoms with Crippen LogP contribution >= 0.6 is 0 Å².